The minimum absolute atomic E-state index is 0.0411. The van der Waals surface area contributed by atoms with E-state index in [2.05, 4.69) is 20.9 Å². The summed E-state index contributed by atoms with van der Waals surface area (Å²) < 4.78 is 37.3. The molecule has 0 saturated carbocycles. The van der Waals surface area contributed by atoms with Crippen LogP contribution in [0.4, 0.5) is 13.2 Å². The number of hydrogen-bond acceptors (Lipinski definition) is 1. The van der Waals surface area contributed by atoms with E-state index < -0.39 is 17.8 Å². The third kappa shape index (κ3) is 2.14. The molecule has 13 heavy (non-hydrogen) atoms. The zero-order valence-electron chi connectivity index (χ0n) is 6.20. The monoisotopic (exact) mass is 273 g/mol. The van der Waals surface area contributed by atoms with Crippen LogP contribution >= 0.6 is 27.5 Å². The van der Waals surface area contributed by atoms with E-state index in [1.807, 2.05) is 0 Å². The van der Waals surface area contributed by atoms with Crippen LogP contribution in [-0.4, -0.2) is 4.98 Å². The molecule has 0 atom stereocenters. The Morgan fingerprint density at radius 2 is 2.15 bits per heavy atom. The molecule has 72 valence electrons. The predicted octanol–water partition coefficient (Wildman–Crippen LogP) is 3.66. The minimum atomic E-state index is -2.88. The molecule has 0 spiro atoms. The van der Waals surface area contributed by atoms with E-state index in [0.29, 0.717) is 0 Å². The highest BCUT2D eigenvalue weighted by atomic mass is 79.9. The van der Waals surface area contributed by atoms with Gasteiger partial charge in [0.1, 0.15) is 0 Å². The van der Waals surface area contributed by atoms with Crippen molar-refractivity contribution in [1.29, 1.82) is 0 Å². The van der Waals surface area contributed by atoms with Gasteiger partial charge in [-0.05, 0) is 15.9 Å². The quantitative estimate of drug-likeness (QED) is 0.750. The molecule has 0 saturated heterocycles. The molecule has 0 aliphatic heterocycles. The molecule has 1 aromatic heterocycles. The Bertz CT molecular complexity index is 319. The maximum absolute atomic E-state index is 12.8. The van der Waals surface area contributed by atoms with Crippen molar-refractivity contribution in [2.75, 3.05) is 0 Å². The van der Waals surface area contributed by atoms with E-state index in [1.165, 1.54) is 0 Å². The second kappa shape index (κ2) is 4.28. The number of aromatic nitrogens is 1. The van der Waals surface area contributed by atoms with Gasteiger partial charge in [-0.1, -0.05) is 0 Å². The molecule has 0 bridgehead atoms. The van der Waals surface area contributed by atoms with E-state index in [9.17, 15) is 13.2 Å². The van der Waals surface area contributed by atoms with Gasteiger partial charge in [0.2, 0.25) is 0 Å². The number of halogens is 5. The van der Waals surface area contributed by atoms with Crippen molar-refractivity contribution in [3.05, 3.63) is 27.7 Å². The molecule has 1 rings (SSSR count). The maximum Gasteiger partial charge on any atom is 0.267 e. The molecule has 0 radical (unpaired) electrons. The van der Waals surface area contributed by atoms with Crippen LogP contribution in [0.3, 0.4) is 0 Å². The summed E-state index contributed by atoms with van der Waals surface area (Å²) in [6, 6.07) is 0. The van der Waals surface area contributed by atoms with Gasteiger partial charge in [0.05, 0.1) is 27.8 Å². The molecule has 6 heteroatoms. The van der Waals surface area contributed by atoms with Gasteiger partial charge in [-0.15, -0.1) is 11.6 Å². The lowest BCUT2D eigenvalue weighted by Gasteiger charge is -2.06. The number of hydrogen-bond donors (Lipinski definition) is 0. The van der Waals surface area contributed by atoms with Gasteiger partial charge in [0, 0.05) is 0 Å². The van der Waals surface area contributed by atoms with Crippen molar-refractivity contribution < 1.29 is 13.2 Å². The lowest BCUT2D eigenvalue weighted by Crippen LogP contribution is -1.98. The lowest BCUT2D eigenvalue weighted by molar-refractivity contribution is 0.145. The fourth-order valence-electron chi connectivity index (χ4n) is 0.814. The standard InChI is InChI=1S/C7H4BrClF3N/c8-6-4(1-9)13-2-3(10)5(6)7(11)12/h2,7H,1H2. The summed E-state index contributed by atoms with van der Waals surface area (Å²) in [4.78, 5) is 3.55. The zero-order valence-corrected chi connectivity index (χ0v) is 8.54. The van der Waals surface area contributed by atoms with Gasteiger partial charge >= 0.3 is 0 Å². The van der Waals surface area contributed by atoms with Crippen molar-refractivity contribution in [2.24, 2.45) is 0 Å². The Morgan fingerprint density at radius 3 is 2.62 bits per heavy atom. The van der Waals surface area contributed by atoms with Crippen LogP contribution in [0, 0.1) is 5.82 Å². The molecule has 0 N–H and O–H groups in total. The third-order valence-electron chi connectivity index (χ3n) is 1.43. The Balaban J connectivity index is 3.30. The maximum atomic E-state index is 12.8. The van der Waals surface area contributed by atoms with E-state index in [0.717, 1.165) is 6.20 Å². The zero-order chi connectivity index (χ0) is 10.0. The highest BCUT2D eigenvalue weighted by molar-refractivity contribution is 9.10. The molecule has 0 aliphatic carbocycles. The summed E-state index contributed by atoms with van der Waals surface area (Å²) in [6.07, 6.45) is -2.14. The van der Waals surface area contributed by atoms with Gasteiger partial charge in [0.25, 0.3) is 6.43 Å². The summed E-state index contributed by atoms with van der Waals surface area (Å²) in [5.41, 5.74) is -0.482. The fraction of sp³-hybridized carbons (Fsp3) is 0.286. The number of pyridine rings is 1. The molecule has 0 aliphatic rings. The van der Waals surface area contributed by atoms with Crippen molar-refractivity contribution >= 4 is 27.5 Å². The largest absolute Gasteiger partial charge is 0.267 e. The SMILES string of the molecule is Fc1cnc(CCl)c(Br)c1C(F)F. The second-order valence-corrected chi connectivity index (χ2v) is 3.28. The highest BCUT2D eigenvalue weighted by Crippen LogP contribution is 2.31. The van der Waals surface area contributed by atoms with E-state index in [1.54, 1.807) is 0 Å². The highest BCUT2D eigenvalue weighted by Gasteiger charge is 2.20. The number of nitrogens with zero attached hydrogens (tertiary/aromatic N) is 1. The third-order valence-corrected chi connectivity index (χ3v) is 2.56. The molecule has 0 unspecified atom stereocenters. The van der Waals surface area contributed by atoms with Crippen LogP contribution in [0.15, 0.2) is 10.7 Å². The predicted molar refractivity (Wildman–Crippen MR) is 46.4 cm³/mol. The molecule has 0 fully saturated rings. The average Bonchev–Trinajstić information content (AvgIpc) is 2.04. The Morgan fingerprint density at radius 1 is 1.54 bits per heavy atom. The smallest absolute Gasteiger partial charge is 0.256 e. The second-order valence-electron chi connectivity index (χ2n) is 2.21. The fourth-order valence-corrected chi connectivity index (χ4v) is 1.78. The molecule has 1 aromatic rings. The lowest BCUT2D eigenvalue weighted by atomic mass is 10.2. The molecule has 0 amide bonds. The first kappa shape index (κ1) is 10.8. The summed E-state index contributed by atoms with van der Waals surface area (Å²) in [5, 5.41) is 0. The van der Waals surface area contributed by atoms with Crippen LogP contribution < -0.4 is 0 Å². The van der Waals surface area contributed by atoms with Crippen molar-refractivity contribution in [1.82, 2.24) is 4.98 Å². The average molecular weight is 274 g/mol. The summed E-state index contributed by atoms with van der Waals surface area (Å²) in [5.74, 6) is -1.07. The van der Waals surface area contributed by atoms with Gasteiger partial charge in [-0.25, -0.2) is 13.2 Å². The molecule has 1 heterocycles. The van der Waals surface area contributed by atoms with Crippen LogP contribution in [0.1, 0.15) is 17.7 Å². The van der Waals surface area contributed by atoms with Gasteiger partial charge in [-0.3, -0.25) is 4.98 Å². The molecule has 0 aromatic carbocycles. The Kier molecular flexibility index (Phi) is 3.55. The van der Waals surface area contributed by atoms with E-state index in [-0.39, 0.29) is 16.0 Å². The van der Waals surface area contributed by atoms with Gasteiger partial charge < -0.3 is 0 Å². The number of rotatable bonds is 2. The molecular formula is C7H4BrClF3N. The van der Waals surface area contributed by atoms with Crippen LogP contribution in [0.2, 0.25) is 0 Å². The summed E-state index contributed by atoms with van der Waals surface area (Å²) in [7, 11) is 0. The molecular weight excluding hydrogens is 270 g/mol. The van der Waals surface area contributed by atoms with Crippen molar-refractivity contribution in [3.63, 3.8) is 0 Å². The van der Waals surface area contributed by atoms with E-state index in [4.69, 9.17) is 11.6 Å². The Labute approximate surface area is 86.0 Å². The first-order valence-electron chi connectivity index (χ1n) is 3.24. The van der Waals surface area contributed by atoms with E-state index >= 15 is 0 Å². The molecule has 1 nitrogen and oxygen atoms in total. The minimum Gasteiger partial charge on any atom is -0.256 e. The normalized spacial score (nSPS) is 10.9. The van der Waals surface area contributed by atoms with Crippen LogP contribution in [0.25, 0.3) is 0 Å². The Hall–Kier alpha value is -0.290. The summed E-state index contributed by atoms with van der Waals surface area (Å²) >= 11 is 8.23. The van der Waals surface area contributed by atoms with Gasteiger partial charge in [-0.2, -0.15) is 0 Å². The topological polar surface area (TPSA) is 12.9 Å². The summed E-state index contributed by atoms with van der Waals surface area (Å²) in [6.45, 7) is 0. The van der Waals surface area contributed by atoms with Crippen molar-refractivity contribution in [3.8, 4) is 0 Å². The first-order valence-corrected chi connectivity index (χ1v) is 4.57. The first-order chi connectivity index (χ1) is 6.07. The van der Waals surface area contributed by atoms with Crippen molar-refractivity contribution in [2.45, 2.75) is 12.3 Å². The van der Waals surface area contributed by atoms with Crippen LogP contribution in [0.5, 0.6) is 0 Å². The van der Waals surface area contributed by atoms with Crippen LogP contribution in [-0.2, 0) is 5.88 Å². The number of alkyl halides is 3. The van der Waals surface area contributed by atoms with Gasteiger partial charge in [0.15, 0.2) is 5.82 Å².